The van der Waals surface area contributed by atoms with E-state index in [4.69, 9.17) is 4.74 Å². The maximum absolute atomic E-state index is 5.96. The molecule has 0 amide bonds. The Balaban J connectivity index is 1.71. The van der Waals surface area contributed by atoms with Gasteiger partial charge in [-0.25, -0.2) is 0 Å². The molecule has 3 heteroatoms. The van der Waals surface area contributed by atoms with Gasteiger partial charge in [0.15, 0.2) is 0 Å². The van der Waals surface area contributed by atoms with E-state index in [1.807, 2.05) is 24.4 Å². The van der Waals surface area contributed by atoms with Crippen LogP contribution in [0.1, 0.15) is 30.9 Å². The molecule has 1 aliphatic carbocycles. The fourth-order valence-corrected chi connectivity index (χ4v) is 2.11. The number of pyridine rings is 1. The van der Waals surface area contributed by atoms with Crippen LogP contribution in [0.4, 0.5) is 0 Å². The smallest absolute Gasteiger partial charge is 0.150 e. The molecular formula is C17H20N2O. The molecule has 0 spiro atoms. The van der Waals surface area contributed by atoms with Gasteiger partial charge in [-0.3, -0.25) is 4.98 Å². The molecule has 0 unspecified atom stereocenters. The van der Waals surface area contributed by atoms with E-state index >= 15 is 0 Å². The van der Waals surface area contributed by atoms with Crippen molar-refractivity contribution in [2.45, 2.75) is 38.8 Å². The highest BCUT2D eigenvalue weighted by molar-refractivity contribution is 5.36. The molecule has 2 aromatic rings. The Bertz CT molecular complexity index is 561. The summed E-state index contributed by atoms with van der Waals surface area (Å²) in [5, 5.41) is 3.51. The van der Waals surface area contributed by atoms with Crippen LogP contribution >= 0.6 is 0 Å². The van der Waals surface area contributed by atoms with Crippen molar-refractivity contribution in [3.05, 3.63) is 53.9 Å². The minimum atomic E-state index is 0.694. The van der Waals surface area contributed by atoms with Crippen molar-refractivity contribution in [3.63, 3.8) is 0 Å². The van der Waals surface area contributed by atoms with Gasteiger partial charge in [0.2, 0.25) is 0 Å². The summed E-state index contributed by atoms with van der Waals surface area (Å²) in [6.45, 7) is 2.99. The monoisotopic (exact) mass is 268 g/mol. The van der Waals surface area contributed by atoms with Crippen molar-refractivity contribution in [2.75, 3.05) is 0 Å². The van der Waals surface area contributed by atoms with E-state index in [2.05, 4.69) is 29.4 Å². The van der Waals surface area contributed by atoms with Gasteiger partial charge in [-0.05, 0) is 43.0 Å². The zero-order chi connectivity index (χ0) is 13.8. The van der Waals surface area contributed by atoms with Crippen LogP contribution in [-0.2, 0) is 13.0 Å². The third-order valence-corrected chi connectivity index (χ3v) is 3.59. The van der Waals surface area contributed by atoms with Crippen LogP contribution in [0.15, 0.2) is 42.7 Å². The summed E-state index contributed by atoms with van der Waals surface area (Å²) in [6.07, 6.45) is 7.23. The third kappa shape index (κ3) is 3.36. The number of rotatable bonds is 6. The van der Waals surface area contributed by atoms with E-state index in [1.165, 1.54) is 18.4 Å². The zero-order valence-corrected chi connectivity index (χ0v) is 11.8. The molecule has 0 atom stereocenters. The minimum Gasteiger partial charge on any atom is -0.455 e. The minimum absolute atomic E-state index is 0.694. The van der Waals surface area contributed by atoms with Gasteiger partial charge in [-0.15, -0.1) is 0 Å². The molecule has 104 valence electrons. The second-order valence-electron chi connectivity index (χ2n) is 5.24. The number of nitrogens with zero attached hydrogens (tertiary/aromatic N) is 1. The molecule has 1 aromatic heterocycles. The average molecular weight is 268 g/mol. The number of benzene rings is 1. The number of ether oxygens (including phenoxy) is 1. The lowest BCUT2D eigenvalue weighted by Gasteiger charge is -2.11. The van der Waals surface area contributed by atoms with Crippen molar-refractivity contribution < 1.29 is 4.74 Å². The molecule has 0 aliphatic heterocycles. The Morgan fingerprint density at radius 2 is 2.00 bits per heavy atom. The summed E-state index contributed by atoms with van der Waals surface area (Å²) in [5.74, 6) is 1.70. The zero-order valence-electron chi connectivity index (χ0n) is 11.8. The van der Waals surface area contributed by atoms with Gasteiger partial charge in [-0.1, -0.05) is 19.1 Å². The molecule has 0 bridgehead atoms. The Labute approximate surface area is 120 Å². The van der Waals surface area contributed by atoms with Crippen molar-refractivity contribution >= 4 is 0 Å². The lowest BCUT2D eigenvalue weighted by atomic mass is 10.2. The maximum atomic E-state index is 5.96. The largest absolute Gasteiger partial charge is 0.455 e. The maximum Gasteiger partial charge on any atom is 0.150 e. The van der Waals surface area contributed by atoms with Crippen LogP contribution < -0.4 is 10.1 Å². The first-order chi connectivity index (χ1) is 9.85. The van der Waals surface area contributed by atoms with Crippen LogP contribution in [0, 0.1) is 0 Å². The van der Waals surface area contributed by atoms with E-state index in [-0.39, 0.29) is 0 Å². The first-order valence-corrected chi connectivity index (χ1v) is 7.28. The topological polar surface area (TPSA) is 34.1 Å². The van der Waals surface area contributed by atoms with Gasteiger partial charge in [-0.2, -0.15) is 0 Å². The normalized spacial score (nSPS) is 14.2. The van der Waals surface area contributed by atoms with Gasteiger partial charge in [0.1, 0.15) is 11.5 Å². The van der Waals surface area contributed by atoms with E-state index in [9.17, 15) is 0 Å². The predicted octanol–water partition coefficient (Wildman–Crippen LogP) is 3.69. The van der Waals surface area contributed by atoms with Crippen LogP contribution in [-0.4, -0.2) is 11.0 Å². The van der Waals surface area contributed by atoms with Crippen LogP contribution in [0.25, 0.3) is 0 Å². The molecular weight excluding hydrogens is 248 g/mol. The Morgan fingerprint density at radius 1 is 1.20 bits per heavy atom. The summed E-state index contributed by atoms with van der Waals surface area (Å²) < 4.78 is 5.96. The molecule has 0 radical (unpaired) electrons. The molecule has 1 aliphatic rings. The fraction of sp³-hybridized carbons (Fsp3) is 0.353. The van der Waals surface area contributed by atoms with Crippen LogP contribution in [0.2, 0.25) is 0 Å². The van der Waals surface area contributed by atoms with Crippen molar-refractivity contribution in [2.24, 2.45) is 0 Å². The summed E-state index contributed by atoms with van der Waals surface area (Å²) in [6, 6.07) is 11.0. The summed E-state index contributed by atoms with van der Waals surface area (Å²) in [7, 11) is 0. The number of nitrogens with one attached hydrogen (secondary N) is 1. The molecule has 20 heavy (non-hydrogen) atoms. The number of aromatic nitrogens is 1. The second kappa shape index (κ2) is 6.06. The SMILES string of the molecule is CCc1ccc(Oc2cnccc2CNC2CC2)cc1. The average Bonchev–Trinajstić information content (AvgIpc) is 3.31. The van der Waals surface area contributed by atoms with Gasteiger partial charge >= 0.3 is 0 Å². The number of hydrogen-bond donors (Lipinski definition) is 1. The third-order valence-electron chi connectivity index (χ3n) is 3.59. The molecule has 1 N–H and O–H groups in total. The van der Waals surface area contributed by atoms with Crippen molar-refractivity contribution in [1.29, 1.82) is 0 Å². The Hall–Kier alpha value is -1.87. The van der Waals surface area contributed by atoms with E-state index in [0.29, 0.717) is 6.04 Å². The Kier molecular flexibility index (Phi) is 3.97. The van der Waals surface area contributed by atoms with Crippen LogP contribution in [0.5, 0.6) is 11.5 Å². The summed E-state index contributed by atoms with van der Waals surface area (Å²) >= 11 is 0. The van der Waals surface area contributed by atoms with Gasteiger partial charge in [0.25, 0.3) is 0 Å². The second-order valence-corrected chi connectivity index (χ2v) is 5.24. The summed E-state index contributed by atoms with van der Waals surface area (Å²) in [4.78, 5) is 4.17. The highest BCUT2D eigenvalue weighted by Gasteiger charge is 2.20. The van der Waals surface area contributed by atoms with E-state index in [1.54, 1.807) is 6.20 Å². The van der Waals surface area contributed by atoms with Gasteiger partial charge < -0.3 is 10.1 Å². The van der Waals surface area contributed by atoms with Gasteiger partial charge in [0.05, 0.1) is 6.20 Å². The Morgan fingerprint density at radius 3 is 2.70 bits per heavy atom. The quantitative estimate of drug-likeness (QED) is 0.867. The van der Waals surface area contributed by atoms with Crippen molar-refractivity contribution in [1.82, 2.24) is 10.3 Å². The lowest BCUT2D eigenvalue weighted by Crippen LogP contribution is -2.15. The first kappa shape index (κ1) is 13.1. The lowest BCUT2D eigenvalue weighted by molar-refractivity contribution is 0.470. The highest BCUT2D eigenvalue weighted by atomic mass is 16.5. The molecule has 1 aromatic carbocycles. The predicted molar refractivity (Wildman–Crippen MR) is 80.0 cm³/mol. The van der Waals surface area contributed by atoms with E-state index in [0.717, 1.165) is 30.0 Å². The van der Waals surface area contributed by atoms with Gasteiger partial charge in [0, 0.05) is 24.3 Å². The molecule has 1 fully saturated rings. The molecule has 0 saturated heterocycles. The molecule has 1 saturated carbocycles. The first-order valence-electron chi connectivity index (χ1n) is 7.28. The highest BCUT2D eigenvalue weighted by Crippen LogP contribution is 2.26. The summed E-state index contributed by atoms with van der Waals surface area (Å²) in [5.41, 5.74) is 2.48. The van der Waals surface area contributed by atoms with E-state index < -0.39 is 0 Å². The molecule has 1 heterocycles. The number of aryl methyl sites for hydroxylation is 1. The van der Waals surface area contributed by atoms with Crippen LogP contribution in [0.3, 0.4) is 0 Å². The standard InChI is InChI=1S/C17H20N2O/c1-2-13-3-7-16(8-4-13)20-17-12-18-10-9-14(17)11-19-15-5-6-15/h3-4,7-10,12,15,19H,2,5-6,11H2,1H3. The van der Waals surface area contributed by atoms with Crippen molar-refractivity contribution in [3.8, 4) is 11.5 Å². The molecule has 3 rings (SSSR count). The number of hydrogen-bond acceptors (Lipinski definition) is 3. The fourth-order valence-electron chi connectivity index (χ4n) is 2.11. The molecule has 3 nitrogen and oxygen atoms in total.